The number of anilines is 1. The van der Waals surface area contributed by atoms with Gasteiger partial charge in [0.25, 0.3) is 0 Å². The van der Waals surface area contributed by atoms with Crippen molar-refractivity contribution in [2.45, 2.75) is 25.1 Å². The first-order chi connectivity index (χ1) is 6.96. The molecule has 0 atom stereocenters. The smallest absolute Gasteiger partial charge is 0.335 e. The minimum Gasteiger partial charge on any atom is -0.335 e. The monoisotopic (exact) mass is 255 g/mol. The van der Waals surface area contributed by atoms with Gasteiger partial charge in [0.15, 0.2) is 3.95 Å². The van der Waals surface area contributed by atoms with Crippen LogP contribution in [0.25, 0.3) is 0 Å². The second kappa shape index (κ2) is 3.75. The highest BCUT2D eigenvalue weighted by atomic mass is 32.1. The quantitative estimate of drug-likeness (QED) is 0.843. The molecule has 0 spiro atoms. The van der Waals surface area contributed by atoms with Gasteiger partial charge in [-0.2, -0.15) is 13.2 Å². The van der Waals surface area contributed by atoms with Crippen LogP contribution in [0, 0.1) is 3.95 Å². The van der Waals surface area contributed by atoms with Crippen LogP contribution in [0.15, 0.2) is 0 Å². The van der Waals surface area contributed by atoms with Gasteiger partial charge in [-0.15, -0.1) is 5.10 Å². The van der Waals surface area contributed by atoms with Crippen molar-refractivity contribution in [3.8, 4) is 0 Å². The molecule has 8 heteroatoms. The lowest BCUT2D eigenvalue weighted by Crippen LogP contribution is -2.35. The fraction of sp³-hybridized carbons (Fsp3) is 0.714. The van der Waals surface area contributed by atoms with Crippen LogP contribution in [0.3, 0.4) is 0 Å². The lowest BCUT2D eigenvalue weighted by atomic mass is 10.5. The Morgan fingerprint density at radius 1 is 1.53 bits per heavy atom. The standard InChI is InChI=1S/C7H8F3N3S2/c8-7(9,10)3-13(4-1-2-4)5-11-12-6(14)15-5/h4H,1-3H2,(H,12,14). The van der Waals surface area contributed by atoms with E-state index in [1.807, 2.05) is 0 Å². The van der Waals surface area contributed by atoms with Gasteiger partial charge >= 0.3 is 6.18 Å². The fourth-order valence-electron chi connectivity index (χ4n) is 1.28. The molecule has 0 unspecified atom stereocenters. The topological polar surface area (TPSA) is 31.9 Å². The van der Waals surface area contributed by atoms with Crippen LogP contribution in [-0.4, -0.2) is 29.0 Å². The van der Waals surface area contributed by atoms with E-state index in [0.717, 1.165) is 24.2 Å². The molecule has 3 nitrogen and oxygen atoms in total. The van der Waals surface area contributed by atoms with Crippen LogP contribution in [0.5, 0.6) is 0 Å². The Morgan fingerprint density at radius 3 is 2.60 bits per heavy atom. The summed E-state index contributed by atoms with van der Waals surface area (Å²) in [5.74, 6) is 0. The van der Waals surface area contributed by atoms with Crippen LogP contribution < -0.4 is 4.90 Å². The van der Waals surface area contributed by atoms with E-state index < -0.39 is 12.7 Å². The van der Waals surface area contributed by atoms with Crippen molar-refractivity contribution in [3.63, 3.8) is 0 Å². The van der Waals surface area contributed by atoms with Crippen molar-refractivity contribution >= 4 is 28.7 Å². The summed E-state index contributed by atoms with van der Waals surface area (Å²) in [7, 11) is 0. The zero-order valence-corrected chi connectivity index (χ0v) is 9.18. The number of rotatable bonds is 3. The Morgan fingerprint density at radius 2 is 2.20 bits per heavy atom. The molecule has 0 radical (unpaired) electrons. The molecule has 0 aromatic carbocycles. The maximum Gasteiger partial charge on any atom is 0.406 e. The molecule has 1 aliphatic rings. The molecule has 0 bridgehead atoms. The van der Waals surface area contributed by atoms with Crippen molar-refractivity contribution in [2.24, 2.45) is 0 Å². The highest BCUT2D eigenvalue weighted by Crippen LogP contribution is 2.35. The summed E-state index contributed by atoms with van der Waals surface area (Å²) in [6, 6.07) is -0.0272. The summed E-state index contributed by atoms with van der Waals surface area (Å²) in [6.45, 7) is -0.951. The van der Waals surface area contributed by atoms with E-state index in [0.29, 0.717) is 9.09 Å². The number of aromatic nitrogens is 2. The molecule has 0 saturated heterocycles. The van der Waals surface area contributed by atoms with Crippen molar-refractivity contribution in [1.82, 2.24) is 10.2 Å². The largest absolute Gasteiger partial charge is 0.406 e. The molecule has 15 heavy (non-hydrogen) atoms. The summed E-state index contributed by atoms with van der Waals surface area (Å²) in [4.78, 5) is 1.27. The summed E-state index contributed by atoms with van der Waals surface area (Å²) >= 11 is 5.87. The molecule has 84 valence electrons. The van der Waals surface area contributed by atoms with Crippen molar-refractivity contribution in [2.75, 3.05) is 11.4 Å². The van der Waals surface area contributed by atoms with E-state index in [-0.39, 0.29) is 6.04 Å². The fourth-order valence-corrected chi connectivity index (χ4v) is 2.23. The van der Waals surface area contributed by atoms with E-state index >= 15 is 0 Å². The number of aromatic amines is 1. The van der Waals surface area contributed by atoms with Gasteiger partial charge in [0.05, 0.1) is 0 Å². The second-order valence-corrected chi connectivity index (χ2v) is 5.01. The minimum atomic E-state index is -4.20. The molecule has 0 aliphatic heterocycles. The van der Waals surface area contributed by atoms with Crippen LogP contribution in [0.1, 0.15) is 12.8 Å². The van der Waals surface area contributed by atoms with Crippen molar-refractivity contribution in [1.29, 1.82) is 0 Å². The normalized spacial score (nSPS) is 16.7. The molecule has 1 saturated carbocycles. The maximum atomic E-state index is 12.3. The van der Waals surface area contributed by atoms with Gasteiger partial charge in [0, 0.05) is 6.04 Å². The number of halogens is 3. The number of nitrogens with one attached hydrogen (secondary N) is 1. The molecule has 1 heterocycles. The molecule has 1 aliphatic carbocycles. The van der Waals surface area contributed by atoms with Gasteiger partial charge in [0.1, 0.15) is 6.54 Å². The Balaban J connectivity index is 2.16. The number of hydrogen-bond donors (Lipinski definition) is 1. The van der Waals surface area contributed by atoms with Crippen LogP contribution >= 0.6 is 23.6 Å². The highest BCUT2D eigenvalue weighted by Gasteiger charge is 2.39. The van der Waals surface area contributed by atoms with Crippen molar-refractivity contribution in [3.05, 3.63) is 3.95 Å². The molecule has 1 N–H and O–H groups in total. The van der Waals surface area contributed by atoms with Gasteiger partial charge in [-0.1, -0.05) is 11.3 Å². The first-order valence-electron chi connectivity index (χ1n) is 4.34. The average molecular weight is 255 g/mol. The third-order valence-corrected chi connectivity index (χ3v) is 3.14. The second-order valence-electron chi connectivity index (χ2n) is 3.37. The maximum absolute atomic E-state index is 12.3. The molecule has 2 rings (SSSR count). The lowest BCUT2D eigenvalue weighted by molar-refractivity contribution is -0.120. The van der Waals surface area contributed by atoms with Gasteiger partial charge < -0.3 is 4.90 Å². The predicted octanol–water partition coefficient (Wildman–Crippen LogP) is 2.73. The van der Waals surface area contributed by atoms with E-state index in [9.17, 15) is 13.2 Å². The Labute approximate surface area is 92.9 Å². The predicted molar refractivity (Wildman–Crippen MR) is 53.7 cm³/mol. The summed E-state index contributed by atoms with van der Waals surface area (Å²) in [6.07, 6.45) is -2.61. The first-order valence-corrected chi connectivity index (χ1v) is 5.57. The minimum absolute atomic E-state index is 0.0272. The number of nitrogens with zero attached hydrogens (tertiary/aromatic N) is 2. The lowest BCUT2D eigenvalue weighted by Gasteiger charge is -2.22. The average Bonchev–Trinajstić information content (AvgIpc) is 2.84. The first kappa shape index (κ1) is 10.9. The third kappa shape index (κ3) is 2.91. The van der Waals surface area contributed by atoms with Gasteiger partial charge in [-0.3, -0.25) is 5.10 Å². The summed E-state index contributed by atoms with van der Waals surface area (Å²) < 4.78 is 37.3. The van der Waals surface area contributed by atoms with E-state index in [1.54, 1.807) is 0 Å². The third-order valence-electron chi connectivity index (χ3n) is 2.01. The van der Waals surface area contributed by atoms with Crippen LogP contribution in [0.2, 0.25) is 0 Å². The molecular formula is C7H8F3N3S2. The Hall–Kier alpha value is -0.630. The molecular weight excluding hydrogens is 247 g/mol. The molecule has 1 fully saturated rings. The van der Waals surface area contributed by atoms with E-state index in [2.05, 4.69) is 10.2 Å². The summed E-state index contributed by atoms with van der Waals surface area (Å²) in [5, 5.41) is 6.60. The van der Waals surface area contributed by atoms with Crippen LogP contribution in [-0.2, 0) is 0 Å². The van der Waals surface area contributed by atoms with E-state index in [1.165, 1.54) is 4.90 Å². The van der Waals surface area contributed by atoms with Gasteiger partial charge in [-0.05, 0) is 25.1 Å². The number of hydrogen-bond acceptors (Lipinski definition) is 4. The Bertz CT molecular complexity index is 393. The van der Waals surface area contributed by atoms with E-state index in [4.69, 9.17) is 12.2 Å². The van der Waals surface area contributed by atoms with Gasteiger partial charge in [0.2, 0.25) is 5.13 Å². The Kier molecular flexibility index (Phi) is 2.72. The van der Waals surface area contributed by atoms with Crippen molar-refractivity contribution < 1.29 is 13.2 Å². The molecule has 1 aromatic rings. The van der Waals surface area contributed by atoms with Gasteiger partial charge in [-0.25, -0.2) is 0 Å². The van der Waals surface area contributed by atoms with Crippen LogP contribution in [0.4, 0.5) is 18.3 Å². The zero-order valence-electron chi connectivity index (χ0n) is 7.54. The highest BCUT2D eigenvalue weighted by molar-refractivity contribution is 7.73. The number of H-pyrrole nitrogens is 1. The molecule has 0 amide bonds. The SMILES string of the molecule is FC(F)(F)CN(c1n[nH]c(=S)s1)C1CC1. The zero-order chi connectivity index (χ0) is 11.1. The molecule has 1 aromatic heterocycles. The summed E-state index contributed by atoms with van der Waals surface area (Å²) in [5.41, 5.74) is 0. The number of alkyl halides is 3.